The highest BCUT2D eigenvalue weighted by molar-refractivity contribution is 9.10. The number of ether oxygens (including phenoxy) is 1. The summed E-state index contributed by atoms with van der Waals surface area (Å²) in [5.74, 6) is 0. The largest absolute Gasteiger partial charge is 0.383 e. The normalized spacial score (nSPS) is 12.0. The summed E-state index contributed by atoms with van der Waals surface area (Å²) < 4.78 is 6.07. The summed E-state index contributed by atoms with van der Waals surface area (Å²) in [6.07, 6.45) is 0. The second-order valence-electron chi connectivity index (χ2n) is 3.89. The SMILES string of the molecule is COCC(C)NC(=S)Nc1cccc(C)c1Br. The molecule has 17 heavy (non-hydrogen) atoms. The standard InChI is InChI=1S/C12H17BrN2OS/c1-8-5-4-6-10(11(8)13)15-12(17)14-9(2)7-16-3/h4-6,9H,7H2,1-3H3,(H2,14,15,17). The maximum Gasteiger partial charge on any atom is 0.171 e. The van der Waals surface area contributed by atoms with Crippen LogP contribution in [-0.4, -0.2) is 24.9 Å². The van der Waals surface area contributed by atoms with Crippen molar-refractivity contribution in [2.75, 3.05) is 19.0 Å². The minimum absolute atomic E-state index is 0.184. The molecule has 0 saturated heterocycles. The monoisotopic (exact) mass is 316 g/mol. The number of rotatable bonds is 4. The van der Waals surface area contributed by atoms with Gasteiger partial charge in [-0.25, -0.2) is 0 Å². The smallest absolute Gasteiger partial charge is 0.171 e. The molecule has 3 nitrogen and oxygen atoms in total. The van der Waals surface area contributed by atoms with Gasteiger partial charge in [-0.1, -0.05) is 12.1 Å². The van der Waals surface area contributed by atoms with E-state index in [4.69, 9.17) is 17.0 Å². The lowest BCUT2D eigenvalue weighted by Crippen LogP contribution is -2.38. The molecule has 2 N–H and O–H groups in total. The molecule has 0 aliphatic carbocycles. The molecule has 0 radical (unpaired) electrons. The first-order valence-electron chi connectivity index (χ1n) is 5.36. The third-order valence-corrected chi connectivity index (χ3v) is 3.51. The Balaban J connectivity index is 2.59. The molecule has 0 aliphatic rings. The van der Waals surface area contributed by atoms with Gasteiger partial charge in [0.05, 0.1) is 12.3 Å². The average Bonchev–Trinajstić information content (AvgIpc) is 2.25. The predicted molar refractivity (Wildman–Crippen MR) is 79.6 cm³/mol. The zero-order valence-corrected chi connectivity index (χ0v) is 12.6. The van der Waals surface area contributed by atoms with Gasteiger partial charge in [0.1, 0.15) is 0 Å². The third kappa shape index (κ3) is 4.61. The van der Waals surface area contributed by atoms with Crippen molar-refractivity contribution in [1.82, 2.24) is 5.32 Å². The second-order valence-corrected chi connectivity index (χ2v) is 5.09. The van der Waals surface area contributed by atoms with Crippen LogP contribution in [0.4, 0.5) is 5.69 Å². The lowest BCUT2D eigenvalue weighted by molar-refractivity contribution is 0.179. The van der Waals surface area contributed by atoms with Crippen molar-refractivity contribution >= 4 is 38.9 Å². The number of benzene rings is 1. The summed E-state index contributed by atoms with van der Waals surface area (Å²) >= 11 is 8.76. The highest BCUT2D eigenvalue weighted by Gasteiger charge is 2.06. The van der Waals surface area contributed by atoms with E-state index >= 15 is 0 Å². The van der Waals surface area contributed by atoms with Gasteiger partial charge in [0.25, 0.3) is 0 Å². The summed E-state index contributed by atoms with van der Waals surface area (Å²) in [4.78, 5) is 0. The molecule has 1 unspecified atom stereocenters. The Morgan fingerprint density at radius 1 is 1.53 bits per heavy atom. The number of hydrogen-bond acceptors (Lipinski definition) is 2. The average molecular weight is 317 g/mol. The molecule has 0 saturated carbocycles. The van der Waals surface area contributed by atoms with E-state index in [2.05, 4.69) is 26.6 Å². The van der Waals surface area contributed by atoms with Crippen LogP contribution in [0, 0.1) is 6.92 Å². The fraction of sp³-hybridized carbons (Fsp3) is 0.417. The van der Waals surface area contributed by atoms with E-state index in [0.717, 1.165) is 10.2 Å². The molecule has 0 bridgehead atoms. The highest BCUT2D eigenvalue weighted by atomic mass is 79.9. The Labute approximate surface area is 116 Å². The first-order chi connectivity index (χ1) is 8.04. The van der Waals surface area contributed by atoms with Crippen LogP contribution in [-0.2, 0) is 4.74 Å². The van der Waals surface area contributed by atoms with Crippen LogP contribution in [0.1, 0.15) is 12.5 Å². The number of halogens is 1. The number of anilines is 1. The number of methoxy groups -OCH3 is 1. The van der Waals surface area contributed by atoms with Gasteiger partial charge >= 0.3 is 0 Å². The lowest BCUT2D eigenvalue weighted by Gasteiger charge is -2.17. The third-order valence-electron chi connectivity index (χ3n) is 2.23. The Kier molecular flexibility index (Phi) is 5.88. The van der Waals surface area contributed by atoms with E-state index in [1.807, 2.05) is 32.0 Å². The summed E-state index contributed by atoms with van der Waals surface area (Å²) in [7, 11) is 1.67. The zero-order chi connectivity index (χ0) is 12.8. The maximum absolute atomic E-state index is 5.23. The Bertz CT molecular complexity index is 398. The van der Waals surface area contributed by atoms with Gasteiger partial charge in [-0.2, -0.15) is 0 Å². The highest BCUT2D eigenvalue weighted by Crippen LogP contribution is 2.25. The molecule has 0 aliphatic heterocycles. The fourth-order valence-electron chi connectivity index (χ4n) is 1.42. The number of nitrogens with one attached hydrogen (secondary N) is 2. The van der Waals surface area contributed by atoms with Gasteiger partial charge in [0, 0.05) is 17.6 Å². The molecule has 0 fully saturated rings. The van der Waals surface area contributed by atoms with Gasteiger partial charge in [-0.15, -0.1) is 0 Å². The van der Waals surface area contributed by atoms with Gasteiger partial charge in [0.2, 0.25) is 0 Å². The summed E-state index contributed by atoms with van der Waals surface area (Å²) in [5.41, 5.74) is 2.13. The summed E-state index contributed by atoms with van der Waals surface area (Å²) in [6.45, 7) is 4.68. The lowest BCUT2D eigenvalue weighted by atomic mass is 10.2. The molecule has 1 atom stereocenters. The molecule has 5 heteroatoms. The quantitative estimate of drug-likeness (QED) is 0.836. The van der Waals surface area contributed by atoms with Gasteiger partial charge in [-0.05, 0) is 53.6 Å². The van der Waals surface area contributed by atoms with Crippen molar-refractivity contribution in [3.05, 3.63) is 28.2 Å². The van der Waals surface area contributed by atoms with Crippen molar-refractivity contribution < 1.29 is 4.74 Å². The van der Waals surface area contributed by atoms with Crippen LogP contribution < -0.4 is 10.6 Å². The van der Waals surface area contributed by atoms with Crippen LogP contribution in [0.5, 0.6) is 0 Å². The van der Waals surface area contributed by atoms with Crippen LogP contribution in [0.15, 0.2) is 22.7 Å². The molecule has 0 heterocycles. The molecule has 0 spiro atoms. The van der Waals surface area contributed by atoms with E-state index in [-0.39, 0.29) is 6.04 Å². The van der Waals surface area contributed by atoms with Crippen LogP contribution in [0.2, 0.25) is 0 Å². The van der Waals surface area contributed by atoms with Crippen LogP contribution in [0.25, 0.3) is 0 Å². The van der Waals surface area contributed by atoms with Gasteiger partial charge in [0.15, 0.2) is 5.11 Å². The van der Waals surface area contributed by atoms with Crippen molar-refractivity contribution in [3.63, 3.8) is 0 Å². The molecule has 1 aromatic rings. The van der Waals surface area contributed by atoms with Crippen LogP contribution in [0.3, 0.4) is 0 Å². The van der Waals surface area contributed by atoms with E-state index < -0.39 is 0 Å². The first kappa shape index (κ1) is 14.4. The van der Waals surface area contributed by atoms with Gasteiger partial charge in [-0.3, -0.25) is 0 Å². The minimum Gasteiger partial charge on any atom is -0.383 e. The molecule has 1 aromatic carbocycles. The molecule has 1 rings (SSSR count). The van der Waals surface area contributed by atoms with E-state index in [1.165, 1.54) is 5.56 Å². The molecule has 0 amide bonds. The second kappa shape index (κ2) is 6.93. The van der Waals surface area contributed by atoms with Crippen molar-refractivity contribution in [2.24, 2.45) is 0 Å². The first-order valence-corrected chi connectivity index (χ1v) is 6.56. The fourth-order valence-corrected chi connectivity index (χ4v) is 2.09. The predicted octanol–water partition coefficient (Wildman–Crippen LogP) is 3.08. The molecular weight excluding hydrogens is 300 g/mol. The Hall–Kier alpha value is -0.650. The van der Waals surface area contributed by atoms with E-state index in [0.29, 0.717) is 11.7 Å². The van der Waals surface area contributed by atoms with Crippen molar-refractivity contribution in [1.29, 1.82) is 0 Å². The molecular formula is C12H17BrN2OS. The van der Waals surface area contributed by atoms with Gasteiger partial charge < -0.3 is 15.4 Å². The summed E-state index contributed by atoms with van der Waals surface area (Å²) in [5, 5.41) is 6.91. The van der Waals surface area contributed by atoms with E-state index in [1.54, 1.807) is 7.11 Å². The maximum atomic E-state index is 5.23. The molecule has 94 valence electrons. The summed E-state index contributed by atoms with van der Waals surface area (Å²) in [6, 6.07) is 6.19. The van der Waals surface area contributed by atoms with E-state index in [9.17, 15) is 0 Å². The van der Waals surface area contributed by atoms with Crippen molar-refractivity contribution in [2.45, 2.75) is 19.9 Å². The Morgan fingerprint density at radius 2 is 2.24 bits per heavy atom. The number of aryl methyl sites for hydroxylation is 1. The number of hydrogen-bond donors (Lipinski definition) is 2. The van der Waals surface area contributed by atoms with Crippen LogP contribution >= 0.6 is 28.1 Å². The number of thiocarbonyl (C=S) groups is 1. The topological polar surface area (TPSA) is 33.3 Å². The minimum atomic E-state index is 0.184. The Morgan fingerprint density at radius 3 is 2.88 bits per heavy atom. The van der Waals surface area contributed by atoms with Crippen molar-refractivity contribution in [3.8, 4) is 0 Å². The molecule has 0 aromatic heterocycles. The zero-order valence-electron chi connectivity index (χ0n) is 10.2.